The number of rotatable bonds is 4. The molecule has 1 aliphatic heterocycles. The fraction of sp³-hybridized carbons (Fsp3) is 0.375. The molecular weight excluding hydrogens is 312 g/mol. The number of anilines is 1. The number of ether oxygens (including phenoxy) is 1. The molecule has 1 atom stereocenters. The Kier molecular flexibility index (Phi) is 4.20. The molecule has 0 unspecified atom stereocenters. The van der Waals surface area contributed by atoms with E-state index in [1.54, 1.807) is 0 Å². The lowest BCUT2D eigenvalue weighted by atomic mass is 10.1. The molecule has 24 heavy (non-hydrogen) atoms. The van der Waals surface area contributed by atoms with Gasteiger partial charge in [0.2, 0.25) is 0 Å². The van der Waals surface area contributed by atoms with Gasteiger partial charge in [-0.25, -0.2) is 9.78 Å². The molecule has 1 N–H and O–H groups in total. The highest BCUT2D eigenvalue weighted by atomic mass is 16.6. The number of nitro groups is 1. The van der Waals surface area contributed by atoms with Gasteiger partial charge in [0.25, 0.3) is 5.69 Å². The van der Waals surface area contributed by atoms with Crippen molar-refractivity contribution in [3.8, 4) is 0 Å². The zero-order valence-electron chi connectivity index (χ0n) is 13.5. The number of hydrogen-bond acceptors (Lipinski definition) is 6. The van der Waals surface area contributed by atoms with Crippen LogP contribution in [0.5, 0.6) is 0 Å². The number of aryl methyl sites for hydroxylation is 2. The lowest BCUT2D eigenvalue weighted by Gasteiger charge is -2.25. The molecule has 0 aliphatic carbocycles. The summed E-state index contributed by atoms with van der Waals surface area (Å²) in [6.07, 6.45) is 3.59. The molecule has 0 bridgehead atoms. The van der Waals surface area contributed by atoms with E-state index in [1.165, 1.54) is 25.3 Å². The van der Waals surface area contributed by atoms with Crippen LogP contribution in [0.1, 0.15) is 28.3 Å². The summed E-state index contributed by atoms with van der Waals surface area (Å²) in [5.41, 5.74) is 1.51. The number of hydrogen-bond donors (Lipinski definition) is 1. The average Bonchev–Trinajstić information content (AvgIpc) is 2.93. The van der Waals surface area contributed by atoms with Crippen LogP contribution in [-0.4, -0.2) is 33.6 Å². The van der Waals surface area contributed by atoms with Crippen molar-refractivity contribution >= 4 is 17.3 Å². The van der Waals surface area contributed by atoms with Crippen molar-refractivity contribution < 1.29 is 14.5 Å². The van der Waals surface area contributed by atoms with E-state index < -0.39 is 10.9 Å². The van der Waals surface area contributed by atoms with Crippen LogP contribution in [0.25, 0.3) is 0 Å². The fourth-order valence-electron chi connectivity index (χ4n) is 2.98. The molecule has 0 amide bonds. The van der Waals surface area contributed by atoms with E-state index in [1.807, 2.05) is 13.1 Å². The minimum atomic E-state index is -0.524. The quantitative estimate of drug-likeness (QED) is 0.524. The number of aromatic nitrogens is 2. The van der Waals surface area contributed by atoms with Gasteiger partial charge in [0.1, 0.15) is 11.5 Å². The molecule has 2 aromatic rings. The topological polar surface area (TPSA) is 99.3 Å². The second kappa shape index (κ2) is 6.31. The van der Waals surface area contributed by atoms with E-state index in [0.717, 1.165) is 24.4 Å². The molecule has 8 heteroatoms. The Bertz CT molecular complexity index is 799. The van der Waals surface area contributed by atoms with Crippen molar-refractivity contribution in [2.75, 3.05) is 12.4 Å². The van der Waals surface area contributed by atoms with Gasteiger partial charge in [-0.05, 0) is 25.5 Å². The Morgan fingerprint density at radius 3 is 3.00 bits per heavy atom. The van der Waals surface area contributed by atoms with Crippen molar-refractivity contribution in [2.45, 2.75) is 32.4 Å². The van der Waals surface area contributed by atoms with Crippen LogP contribution in [0, 0.1) is 17.0 Å². The second-order valence-electron chi connectivity index (χ2n) is 5.81. The number of carbonyl (C=O) groups is 1. The molecule has 0 fully saturated rings. The predicted octanol–water partition coefficient (Wildman–Crippen LogP) is 2.31. The van der Waals surface area contributed by atoms with Gasteiger partial charge in [0.15, 0.2) is 0 Å². The number of nitrogens with zero attached hydrogens (tertiary/aromatic N) is 3. The summed E-state index contributed by atoms with van der Waals surface area (Å²) in [6.45, 7) is 2.62. The first-order valence-electron chi connectivity index (χ1n) is 7.64. The van der Waals surface area contributed by atoms with Gasteiger partial charge >= 0.3 is 5.97 Å². The lowest BCUT2D eigenvalue weighted by Crippen LogP contribution is -2.31. The first kappa shape index (κ1) is 16.0. The number of benzene rings is 1. The summed E-state index contributed by atoms with van der Waals surface area (Å²) in [7, 11) is 1.28. The Morgan fingerprint density at radius 1 is 1.50 bits per heavy atom. The molecule has 1 aromatic heterocycles. The summed E-state index contributed by atoms with van der Waals surface area (Å²) in [5.74, 6) is 0.507. The third kappa shape index (κ3) is 3.08. The molecule has 0 radical (unpaired) electrons. The van der Waals surface area contributed by atoms with Crippen LogP contribution in [0.2, 0.25) is 0 Å². The normalized spacial score (nSPS) is 16.3. The summed E-state index contributed by atoms with van der Waals surface area (Å²) in [6, 6.07) is 4.22. The van der Waals surface area contributed by atoms with Gasteiger partial charge in [-0.2, -0.15) is 0 Å². The van der Waals surface area contributed by atoms with Gasteiger partial charge in [0, 0.05) is 31.3 Å². The maximum Gasteiger partial charge on any atom is 0.337 e. The van der Waals surface area contributed by atoms with E-state index >= 15 is 0 Å². The van der Waals surface area contributed by atoms with Crippen molar-refractivity contribution in [3.63, 3.8) is 0 Å². The number of imidazole rings is 1. The van der Waals surface area contributed by atoms with Gasteiger partial charge in [-0.3, -0.25) is 10.1 Å². The van der Waals surface area contributed by atoms with E-state index in [9.17, 15) is 14.9 Å². The fourth-order valence-corrected chi connectivity index (χ4v) is 2.98. The highest BCUT2D eigenvalue weighted by Gasteiger charge is 2.23. The van der Waals surface area contributed by atoms with Gasteiger partial charge < -0.3 is 14.6 Å². The number of nitrogens with one attached hydrogen (secondary N) is 1. The summed E-state index contributed by atoms with van der Waals surface area (Å²) in [5, 5.41) is 14.5. The van der Waals surface area contributed by atoms with Gasteiger partial charge in [-0.15, -0.1) is 0 Å². The van der Waals surface area contributed by atoms with E-state index in [4.69, 9.17) is 0 Å². The zero-order chi connectivity index (χ0) is 17.3. The summed E-state index contributed by atoms with van der Waals surface area (Å²) in [4.78, 5) is 26.9. The maximum absolute atomic E-state index is 11.7. The molecule has 3 rings (SSSR count). The molecule has 0 saturated carbocycles. The molecule has 2 heterocycles. The van der Waals surface area contributed by atoms with Crippen molar-refractivity contribution in [2.24, 2.45) is 0 Å². The van der Waals surface area contributed by atoms with E-state index in [2.05, 4.69) is 19.6 Å². The number of carbonyl (C=O) groups excluding carboxylic acids is 1. The van der Waals surface area contributed by atoms with Crippen LogP contribution < -0.4 is 5.32 Å². The Balaban J connectivity index is 1.85. The van der Waals surface area contributed by atoms with Gasteiger partial charge in [-0.1, -0.05) is 0 Å². The van der Waals surface area contributed by atoms with Crippen molar-refractivity contribution in [1.29, 1.82) is 0 Å². The first-order valence-corrected chi connectivity index (χ1v) is 7.64. The van der Waals surface area contributed by atoms with Crippen LogP contribution in [0.4, 0.5) is 11.4 Å². The van der Waals surface area contributed by atoms with E-state index in [0.29, 0.717) is 12.2 Å². The molecule has 0 spiro atoms. The highest BCUT2D eigenvalue weighted by Crippen LogP contribution is 2.28. The summed E-state index contributed by atoms with van der Waals surface area (Å²) < 4.78 is 6.74. The number of methoxy groups -OCH3 is 1. The number of esters is 1. The summed E-state index contributed by atoms with van der Waals surface area (Å²) >= 11 is 0. The van der Waals surface area contributed by atoms with E-state index in [-0.39, 0.29) is 17.3 Å². The lowest BCUT2D eigenvalue weighted by molar-refractivity contribution is -0.384. The molecule has 1 aromatic carbocycles. The third-order valence-electron chi connectivity index (χ3n) is 4.09. The van der Waals surface area contributed by atoms with Crippen molar-refractivity contribution in [3.05, 3.63) is 51.6 Å². The first-order chi connectivity index (χ1) is 11.5. The number of nitro benzene ring substituents is 1. The van der Waals surface area contributed by atoms with Gasteiger partial charge in [0.05, 0.1) is 23.3 Å². The molecule has 1 aliphatic rings. The third-order valence-corrected chi connectivity index (χ3v) is 4.09. The van der Waals surface area contributed by atoms with Crippen LogP contribution in [-0.2, 0) is 17.7 Å². The van der Waals surface area contributed by atoms with Crippen LogP contribution in [0.3, 0.4) is 0 Å². The average molecular weight is 330 g/mol. The Labute approximate surface area is 138 Å². The predicted molar refractivity (Wildman–Crippen MR) is 87.1 cm³/mol. The minimum absolute atomic E-state index is 0.0256. The second-order valence-corrected chi connectivity index (χ2v) is 5.81. The minimum Gasteiger partial charge on any atom is -0.465 e. The smallest absolute Gasteiger partial charge is 0.337 e. The molecule has 0 saturated heterocycles. The molecule has 126 valence electrons. The maximum atomic E-state index is 11.7. The Hall–Kier alpha value is -2.90. The molecule has 8 nitrogen and oxygen atoms in total. The van der Waals surface area contributed by atoms with Crippen molar-refractivity contribution in [1.82, 2.24) is 9.55 Å². The van der Waals surface area contributed by atoms with Crippen LogP contribution in [0.15, 0.2) is 24.4 Å². The monoisotopic (exact) mass is 330 g/mol. The molecular formula is C16H18N4O4. The Morgan fingerprint density at radius 2 is 2.29 bits per heavy atom. The standard InChI is InChI=1S/C16H18N4O4/c1-10-8-19-9-12(4-6-15(19)17-10)18-13-7-11(16(21)24-2)3-5-14(13)20(22)23/h3,5,7-8,12,18H,4,6,9H2,1-2H3/t12-/m0/s1. The SMILES string of the molecule is COC(=O)c1ccc([N+](=O)[O-])c(N[C@H]2CCc3nc(C)cn3C2)c1. The highest BCUT2D eigenvalue weighted by molar-refractivity contribution is 5.91. The number of fused-ring (bicyclic) bond motifs is 1. The largest absolute Gasteiger partial charge is 0.465 e. The zero-order valence-corrected chi connectivity index (χ0v) is 13.5. The van der Waals surface area contributed by atoms with Crippen LogP contribution >= 0.6 is 0 Å².